The quantitative estimate of drug-likeness (QED) is 0.715. The second kappa shape index (κ2) is 2.98. The van der Waals surface area contributed by atoms with Gasteiger partial charge in [-0.2, -0.15) is 5.10 Å². The molecule has 2 rings (SSSR count). The maximum atomic E-state index is 12.1. The van der Waals surface area contributed by atoms with Gasteiger partial charge < -0.3 is 0 Å². The van der Waals surface area contributed by atoms with Crippen LogP contribution >= 0.6 is 23.2 Å². The van der Waals surface area contributed by atoms with E-state index in [9.17, 15) is 4.79 Å². The molecule has 0 saturated heterocycles. The average Bonchev–Trinajstić information content (AvgIpc) is 2.46. The molecular weight excluding hydrogens is 235 g/mol. The first-order valence-corrected chi connectivity index (χ1v) is 5.49. The molecule has 0 unspecified atom stereocenters. The number of nitrogens with zero attached hydrogens (tertiary/aromatic N) is 2. The molecule has 0 spiro atoms. The van der Waals surface area contributed by atoms with Crippen molar-refractivity contribution in [2.45, 2.75) is 31.5 Å². The molecule has 1 fully saturated rings. The average molecular weight is 247 g/mol. The molecule has 1 aromatic heterocycles. The van der Waals surface area contributed by atoms with Crippen LogP contribution in [0.25, 0.3) is 0 Å². The molecule has 0 bridgehead atoms. The van der Waals surface area contributed by atoms with E-state index in [4.69, 9.17) is 23.2 Å². The summed E-state index contributed by atoms with van der Waals surface area (Å²) >= 11 is 11.9. The van der Waals surface area contributed by atoms with Gasteiger partial charge in [-0.1, -0.05) is 0 Å². The SMILES string of the molecule is Cc1cc(C)n(C(=O)[C@]2(C)CC2(Cl)Cl)n1. The van der Waals surface area contributed by atoms with Gasteiger partial charge in [-0.15, -0.1) is 23.2 Å². The lowest BCUT2D eigenvalue weighted by Gasteiger charge is -2.11. The summed E-state index contributed by atoms with van der Waals surface area (Å²) in [5.41, 5.74) is 0.939. The Morgan fingerprint density at radius 2 is 2.07 bits per heavy atom. The highest BCUT2D eigenvalue weighted by atomic mass is 35.5. The third kappa shape index (κ3) is 1.49. The van der Waals surface area contributed by atoms with Gasteiger partial charge in [-0.05, 0) is 33.3 Å². The monoisotopic (exact) mass is 246 g/mol. The summed E-state index contributed by atoms with van der Waals surface area (Å²) in [4.78, 5) is 12.1. The van der Waals surface area contributed by atoms with Crippen molar-refractivity contribution in [3.8, 4) is 0 Å². The molecular formula is C10H12Cl2N2O. The molecule has 1 saturated carbocycles. The zero-order valence-corrected chi connectivity index (χ0v) is 10.4. The third-order valence-corrected chi connectivity index (χ3v) is 4.03. The lowest BCUT2D eigenvalue weighted by atomic mass is 10.1. The number of rotatable bonds is 1. The fraction of sp³-hybridized carbons (Fsp3) is 0.600. The van der Waals surface area contributed by atoms with E-state index in [2.05, 4.69) is 5.10 Å². The molecule has 1 aromatic rings. The number of hydrogen-bond acceptors (Lipinski definition) is 2. The molecule has 1 aliphatic carbocycles. The van der Waals surface area contributed by atoms with Crippen molar-refractivity contribution in [1.82, 2.24) is 9.78 Å². The number of halogens is 2. The van der Waals surface area contributed by atoms with Crippen molar-refractivity contribution in [3.63, 3.8) is 0 Å². The van der Waals surface area contributed by atoms with Crippen LogP contribution in [0.4, 0.5) is 0 Å². The van der Waals surface area contributed by atoms with Gasteiger partial charge >= 0.3 is 0 Å². The van der Waals surface area contributed by atoms with Crippen LogP contribution in [0, 0.1) is 19.3 Å². The summed E-state index contributed by atoms with van der Waals surface area (Å²) in [5, 5.41) is 4.13. The highest BCUT2D eigenvalue weighted by Crippen LogP contribution is 2.64. The zero-order chi connectivity index (χ0) is 11.4. The molecule has 5 heteroatoms. The third-order valence-electron chi connectivity index (χ3n) is 2.93. The number of aromatic nitrogens is 2. The highest BCUT2D eigenvalue weighted by molar-refractivity contribution is 6.53. The van der Waals surface area contributed by atoms with Crippen LogP contribution in [-0.4, -0.2) is 20.0 Å². The summed E-state index contributed by atoms with van der Waals surface area (Å²) in [6, 6.07) is 1.85. The Bertz CT molecular complexity index is 439. The van der Waals surface area contributed by atoms with E-state index < -0.39 is 9.75 Å². The molecule has 0 aromatic carbocycles. The Hall–Kier alpha value is -0.540. The van der Waals surface area contributed by atoms with E-state index in [-0.39, 0.29) is 5.91 Å². The van der Waals surface area contributed by atoms with E-state index >= 15 is 0 Å². The highest BCUT2D eigenvalue weighted by Gasteiger charge is 2.68. The molecule has 1 heterocycles. The van der Waals surface area contributed by atoms with Crippen LogP contribution < -0.4 is 0 Å². The maximum Gasteiger partial charge on any atom is 0.256 e. The van der Waals surface area contributed by atoms with Crippen LogP contribution in [-0.2, 0) is 0 Å². The van der Waals surface area contributed by atoms with E-state index in [1.807, 2.05) is 19.9 Å². The molecule has 3 nitrogen and oxygen atoms in total. The van der Waals surface area contributed by atoms with Gasteiger partial charge in [0.05, 0.1) is 11.1 Å². The van der Waals surface area contributed by atoms with Gasteiger partial charge in [0.1, 0.15) is 4.33 Å². The molecule has 0 amide bonds. The first-order chi connectivity index (χ1) is 6.78. The molecule has 82 valence electrons. The van der Waals surface area contributed by atoms with Crippen LogP contribution in [0.3, 0.4) is 0 Å². The van der Waals surface area contributed by atoms with Crippen molar-refractivity contribution >= 4 is 29.1 Å². The summed E-state index contributed by atoms with van der Waals surface area (Å²) < 4.78 is 0.457. The predicted octanol–water partition coefficient (Wildman–Crippen LogP) is 2.72. The van der Waals surface area contributed by atoms with Gasteiger partial charge in [-0.3, -0.25) is 4.79 Å². The van der Waals surface area contributed by atoms with Crippen molar-refractivity contribution < 1.29 is 4.79 Å². The van der Waals surface area contributed by atoms with Crippen LogP contribution in [0.1, 0.15) is 29.5 Å². The lowest BCUT2D eigenvalue weighted by Crippen LogP contribution is -2.26. The molecule has 1 aliphatic rings. The van der Waals surface area contributed by atoms with Crippen molar-refractivity contribution in [1.29, 1.82) is 0 Å². The number of carbonyl (C=O) groups excluding carboxylic acids is 1. The Kier molecular flexibility index (Phi) is 2.18. The lowest BCUT2D eigenvalue weighted by molar-refractivity contribution is 0.0803. The second-order valence-corrected chi connectivity index (χ2v) is 5.84. The van der Waals surface area contributed by atoms with Gasteiger partial charge in [-0.25, -0.2) is 4.68 Å². The van der Waals surface area contributed by atoms with E-state index in [1.54, 1.807) is 6.92 Å². The summed E-state index contributed by atoms with van der Waals surface area (Å²) in [5.74, 6) is -0.127. The number of alkyl halides is 2. The predicted molar refractivity (Wildman–Crippen MR) is 59.5 cm³/mol. The maximum absolute atomic E-state index is 12.1. The first-order valence-electron chi connectivity index (χ1n) is 4.74. The van der Waals surface area contributed by atoms with Crippen molar-refractivity contribution in [2.75, 3.05) is 0 Å². The topological polar surface area (TPSA) is 34.9 Å². The van der Waals surface area contributed by atoms with Gasteiger partial charge in [0.15, 0.2) is 0 Å². The minimum absolute atomic E-state index is 0.127. The largest absolute Gasteiger partial charge is 0.272 e. The minimum atomic E-state index is -0.934. The minimum Gasteiger partial charge on any atom is -0.272 e. The molecule has 0 N–H and O–H groups in total. The molecule has 0 radical (unpaired) electrons. The number of hydrogen-bond donors (Lipinski definition) is 0. The van der Waals surface area contributed by atoms with Gasteiger partial charge in [0.2, 0.25) is 0 Å². The van der Waals surface area contributed by atoms with Crippen LogP contribution in [0.2, 0.25) is 0 Å². The fourth-order valence-corrected chi connectivity index (χ4v) is 2.40. The summed E-state index contributed by atoms with van der Waals surface area (Å²) in [6.45, 7) is 5.46. The molecule has 0 aliphatic heterocycles. The Labute approximate surface area is 98.4 Å². The second-order valence-electron chi connectivity index (χ2n) is 4.36. The Morgan fingerprint density at radius 1 is 1.53 bits per heavy atom. The van der Waals surface area contributed by atoms with Crippen molar-refractivity contribution in [3.05, 3.63) is 17.5 Å². The summed E-state index contributed by atoms with van der Waals surface area (Å²) in [6.07, 6.45) is 0.486. The van der Waals surface area contributed by atoms with Crippen LogP contribution in [0.15, 0.2) is 6.07 Å². The van der Waals surface area contributed by atoms with Crippen LogP contribution in [0.5, 0.6) is 0 Å². The molecule has 1 atom stereocenters. The van der Waals surface area contributed by atoms with Gasteiger partial charge in [0, 0.05) is 5.69 Å². The first kappa shape index (κ1) is 11.0. The summed E-state index contributed by atoms with van der Waals surface area (Å²) in [7, 11) is 0. The van der Waals surface area contributed by atoms with E-state index in [1.165, 1.54) is 4.68 Å². The number of carbonyl (C=O) groups is 1. The number of aryl methyl sites for hydroxylation is 2. The molecule has 15 heavy (non-hydrogen) atoms. The van der Waals surface area contributed by atoms with E-state index in [0.29, 0.717) is 6.42 Å². The fourth-order valence-electron chi connectivity index (χ4n) is 1.70. The zero-order valence-electron chi connectivity index (χ0n) is 8.84. The van der Waals surface area contributed by atoms with E-state index in [0.717, 1.165) is 11.4 Å². The Morgan fingerprint density at radius 3 is 2.40 bits per heavy atom. The standard InChI is InChI=1S/C10H12Cl2N2O/c1-6-4-7(2)14(13-6)8(15)9(3)5-10(9,11)12/h4H,5H2,1-3H3/t9-/m0/s1. The smallest absolute Gasteiger partial charge is 0.256 e. The van der Waals surface area contributed by atoms with Gasteiger partial charge in [0.25, 0.3) is 5.91 Å². The normalized spacial score (nSPS) is 27.8. The Balaban J connectivity index is 2.35. The van der Waals surface area contributed by atoms with Crippen molar-refractivity contribution in [2.24, 2.45) is 5.41 Å².